The first-order valence-electron chi connectivity index (χ1n) is 8.40. The molecule has 1 aliphatic heterocycles. The standard InChI is InChI=1S/C17H26O4S/c1-21-15(18)13-11-12(16(19)7-5-6-8-16)14(22-13)17(20)9-3-2-4-10-17/h11-12,14,19-20H,2-10H2,1H3/t12-,14-/m1/s1. The summed E-state index contributed by atoms with van der Waals surface area (Å²) in [5, 5.41) is 22.1. The molecule has 1 heterocycles. The number of methoxy groups -OCH3 is 1. The molecule has 0 radical (unpaired) electrons. The molecule has 0 unspecified atom stereocenters. The van der Waals surface area contributed by atoms with Gasteiger partial charge in [-0.2, -0.15) is 0 Å². The Kier molecular flexibility index (Phi) is 4.59. The van der Waals surface area contributed by atoms with E-state index < -0.39 is 11.2 Å². The summed E-state index contributed by atoms with van der Waals surface area (Å²) in [6, 6.07) is 0. The molecule has 5 heteroatoms. The third kappa shape index (κ3) is 2.83. The molecule has 0 amide bonds. The van der Waals surface area contributed by atoms with Gasteiger partial charge >= 0.3 is 5.97 Å². The van der Waals surface area contributed by atoms with E-state index >= 15 is 0 Å². The lowest BCUT2D eigenvalue weighted by Crippen LogP contribution is -2.50. The van der Waals surface area contributed by atoms with Crippen molar-refractivity contribution in [1.29, 1.82) is 0 Å². The molecular weight excluding hydrogens is 300 g/mol. The minimum Gasteiger partial charge on any atom is -0.465 e. The fourth-order valence-electron chi connectivity index (χ4n) is 4.37. The molecule has 2 N–H and O–H groups in total. The Morgan fingerprint density at radius 1 is 1.09 bits per heavy atom. The molecule has 4 nitrogen and oxygen atoms in total. The maximum absolute atomic E-state index is 11.9. The molecule has 2 saturated carbocycles. The number of carbonyl (C=O) groups excluding carboxylic acids is 1. The van der Waals surface area contributed by atoms with Crippen LogP contribution in [0.3, 0.4) is 0 Å². The predicted molar refractivity (Wildman–Crippen MR) is 86.4 cm³/mol. The molecule has 0 saturated heterocycles. The number of hydrogen-bond donors (Lipinski definition) is 2. The van der Waals surface area contributed by atoms with E-state index in [-0.39, 0.29) is 17.1 Å². The molecule has 2 aliphatic carbocycles. The van der Waals surface area contributed by atoms with Crippen molar-refractivity contribution in [2.45, 2.75) is 74.2 Å². The van der Waals surface area contributed by atoms with Crippen molar-refractivity contribution >= 4 is 17.7 Å². The summed E-state index contributed by atoms with van der Waals surface area (Å²) in [5.41, 5.74) is -1.56. The van der Waals surface area contributed by atoms with Gasteiger partial charge in [-0.3, -0.25) is 0 Å². The summed E-state index contributed by atoms with van der Waals surface area (Å²) in [4.78, 5) is 12.5. The number of aliphatic hydroxyl groups is 2. The number of thioether (sulfide) groups is 1. The Hall–Kier alpha value is -0.520. The summed E-state index contributed by atoms with van der Waals surface area (Å²) in [6.45, 7) is 0. The molecule has 124 valence electrons. The van der Waals surface area contributed by atoms with Crippen molar-refractivity contribution in [2.75, 3.05) is 7.11 Å². The van der Waals surface area contributed by atoms with Gasteiger partial charge < -0.3 is 14.9 Å². The van der Waals surface area contributed by atoms with Crippen molar-refractivity contribution in [1.82, 2.24) is 0 Å². The summed E-state index contributed by atoms with van der Waals surface area (Å²) in [5.74, 6) is -0.504. The summed E-state index contributed by atoms with van der Waals surface area (Å²) < 4.78 is 4.86. The van der Waals surface area contributed by atoms with Crippen LogP contribution in [-0.4, -0.2) is 39.7 Å². The normalized spacial score (nSPS) is 33.5. The van der Waals surface area contributed by atoms with Gasteiger partial charge in [0.15, 0.2) is 0 Å². The molecule has 0 aromatic rings. The smallest absolute Gasteiger partial charge is 0.344 e. The second-order valence-corrected chi connectivity index (χ2v) is 8.25. The number of esters is 1. The topological polar surface area (TPSA) is 66.8 Å². The second-order valence-electron chi connectivity index (χ2n) is 7.06. The van der Waals surface area contributed by atoms with Crippen LogP contribution in [0.1, 0.15) is 57.8 Å². The summed E-state index contributed by atoms with van der Waals surface area (Å²) in [7, 11) is 1.38. The first kappa shape index (κ1) is 16.3. The highest BCUT2D eigenvalue weighted by molar-refractivity contribution is 8.04. The molecule has 0 aromatic heterocycles. The monoisotopic (exact) mass is 326 g/mol. The van der Waals surface area contributed by atoms with Gasteiger partial charge in [0.2, 0.25) is 0 Å². The zero-order valence-corrected chi connectivity index (χ0v) is 14.0. The van der Waals surface area contributed by atoms with E-state index in [9.17, 15) is 15.0 Å². The quantitative estimate of drug-likeness (QED) is 0.781. The third-order valence-corrected chi connectivity index (χ3v) is 7.18. The van der Waals surface area contributed by atoms with E-state index in [1.165, 1.54) is 18.9 Å². The first-order valence-corrected chi connectivity index (χ1v) is 9.28. The van der Waals surface area contributed by atoms with Gasteiger partial charge in [0.1, 0.15) is 0 Å². The molecule has 3 aliphatic rings. The Bertz CT molecular complexity index is 461. The van der Waals surface area contributed by atoms with E-state index in [0.29, 0.717) is 4.91 Å². The molecule has 0 spiro atoms. The number of rotatable bonds is 3. The molecule has 2 atom stereocenters. The molecule has 22 heavy (non-hydrogen) atoms. The van der Waals surface area contributed by atoms with Crippen LogP contribution >= 0.6 is 11.8 Å². The molecule has 0 aromatic carbocycles. The van der Waals surface area contributed by atoms with Gasteiger partial charge in [0.05, 0.1) is 23.2 Å². The lowest BCUT2D eigenvalue weighted by atomic mass is 9.72. The SMILES string of the molecule is COC(=O)C1=C[C@@H](C2(O)CCCC2)[C@H](C2(O)CCCCC2)S1. The van der Waals surface area contributed by atoms with Crippen LogP contribution in [0.15, 0.2) is 11.0 Å². The third-order valence-electron chi connectivity index (χ3n) is 5.64. The number of ether oxygens (including phenoxy) is 1. The van der Waals surface area contributed by atoms with Crippen LogP contribution in [0.5, 0.6) is 0 Å². The Morgan fingerprint density at radius 2 is 1.64 bits per heavy atom. The van der Waals surface area contributed by atoms with E-state index in [1.54, 1.807) is 0 Å². The average Bonchev–Trinajstić information content (AvgIpc) is 3.15. The van der Waals surface area contributed by atoms with Crippen molar-refractivity contribution in [3.8, 4) is 0 Å². The Balaban J connectivity index is 1.89. The maximum Gasteiger partial charge on any atom is 0.344 e. The van der Waals surface area contributed by atoms with E-state index in [1.807, 2.05) is 6.08 Å². The van der Waals surface area contributed by atoms with Gasteiger partial charge in [-0.05, 0) is 25.7 Å². The lowest BCUT2D eigenvalue weighted by Gasteiger charge is -2.43. The van der Waals surface area contributed by atoms with Crippen LogP contribution in [0.25, 0.3) is 0 Å². The highest BCUT2D eigenvalue weighted by Crippen LogP contribution is 2.53. The zero-order valence-electron chi connectivity index (χ0n) is 13.2. The summed E-state index contributed by atoms with van der Waals surface area (Å²) in [6.07, 6.45) is 10.2. The zero-order chi connectivity index (χ0) is 15.8. The van der Waals surface area contributed by atoms with Crippen molar-refractivity contribution in [2.24, 2.45) is 5.92 Å². The van der Waals surface area contributed by atoms with E-state index in [2.05, 4.69) is 0 Å². The minimum absolute atomic E-state index is 0.134. The minimum atomic E-state index is -0.780. The average molecular weight is 326 g/mol. The molecule has 3 rings (SSSR count). The fraction of sp³-hybridized carbons (Fsp3) is 0.824. The molecule has 0 bridgehead atoms. The van der Waals surface area contributed by atoms with Crippen molar-refractivity contribution < 1.29 is 19.7 Å². The maximum atomic E-state index is 11.9. The highest BCUT2D eigenvalue weighted by atomic mass is 32.2. The largest absolute Gasteiger partial charge is 0.465 e. The second kappa shape index (κ2) is 6.17. The van der Waals surface area contributed by atoms with Crippen molar-refractivity contribution in [3.63, 3.8) is 0 Å². The lowest BCUT2D eigenvalue weighted by molar-refractivity contribution is -0.135. The summed E-state index contributed by atoms with van der Waals surface area (Å²) >= 11 is 1.42. The van der Waals surface area contributed by atoms with Gasteiger partial charge in [-0.25, -0.2) is 4.79 Å². The Labute approximate surface area is 136 Å². The first-order chi connectivity index (χ1) is 10.5. The van der Waals surface area contributed by atoms with Crippen LogP contribution in [0.2, 0.25) is 0 Å². The number of hydrogen-bond acceptors (Lipinski definition) is 5. The fourth-order valence-corrected chi connectivity index (χ4v) is 5.98. The van der Waals surface area contributed by atoms with Crippen LogP contribution in [0, 0.1) is 5.92 Å². The van der Waals surface area contributed by atoms with E-state index in [4.69, 9.17) is 4.74 Å². The van der Waals surface area contributed by atoms with Gasteiger partial charge in [0, 0.05) is 11.2 Å². The van der Waals surface area contributed by atoms with Crippen molar-refractivity contribution in [3.05, 3.63) is 11.0 Å². The molecular formula is C17H26O4S. The highest BCUT2D eigenvalue weighted by Gasteiger charge is 2.53. The molecule has 2 fully saturated rings. The van der Waals surface area contributed by atoms with Gasteiger partial charge in [0.25, 0.3) is 0 Å². The van der Waals surface area contributed by atoms with E-state index in [0.717, 1.165) is 57.8 Å². The number of carbonyl (C=O) groups is 1. The van der Waals surface area contributed by atoms with Gasteiger partial charge in [-0.1, -0.05) is 38.2 Å². The Morgan fingerprint density at radius 3 is 2.23 bits per heavy atom. The van der Waals surface area contributed by atoms with Crippen LogP contribution < -0.4 is 0 Å². The van der Waals surface area contributed by atoms with Crippen LogP contribution in [-0.2, 0) is 9.53 Å². The van der Waals surface area contributed by atoms with Gasteiger partial charge in [-0.15, -0.1) is 11.8 Å². The predicted octanol–water partition coefficient (Wildman–Crippen LogP) is 2.78. The van der Waals surface area contributed by atoms with Crippen LogP contribution in [0.4, 0.5) is 0 Å².